The van der Waals surface area contributed by atoms with Gasteiger partial charge in [0.1, 0.15) is 17.4 Å². The lowest BCUT2D eigenvalue weighted by atomic mass is 9.72. The van der Waals surface area contributed by atoms with Gasteiger partial charge in [0.15, 0.2) is 11.5 Å². The number of likely N-dealkylation sites (tertiary alicyclic amines) is 1. The quantitative estimate of drug-likeness (QED) is 0.439. The molecule has 3 N–H and O–H groups in total. The van der Waals surface area contributed by atoms with Crippen molar-refractivity contribution in [2.24, 2.45) is 0 Å². The van der Waals surface area contributed by atoms with Gasteiger partial charge in [-0.25, -0.2) is 9.97 Å². The van der Waals surface area contributed by atoms with Crippen LogP contribution in [0.15, 0.2) is 42.5 Å². The fourth-order valence-electron chi connectivity index (χ4n) is 4.89. The lowest BCUT2D eigenvalue weighted by Gasteiger charge is -2.42. The summed E-state index contributed by atoms with van der Waals surface area (Å²) in [5, 5.41) is 4.24. The summed E-state index contributed by atoms with van der Waals surface area (Å²) in [5.74, 6) is 1.93. The molecule has 0 unspecified atom stereocenters. The number of piperidine rings is 1. The van der Waals surface area contributed by atoms with Gasteiger partial charge < -0.3 is 25.4 Å². The highest BCUT2D eigenvalue weighted by molar-refractivity contribution is 5.96. The number of anilines is 1. The van der Waals surface area contributed by atoms with Crippen molar-refractivity contribution >= 4 is 28.4 Å². The van der Waals surface area contributed by atoms with Gasteiger partial charge in [-0.05, 0) is 31.4 Å². The van der Waals surface area contributed by atoms with E-state index in [-0.39, 0.29) is 23.5 Å². The second-order valence-corrected chi connectivity index (χ2v) is 9.26. The molecular formula is C27H33N5O4. The number of hydrogen-bond acceptors (Lipinski definition) is 8. The van der Waals surface area contributed by atoms with Gasteiger partial charge in [0.25, 0.3) is 0 Å². The fourth-order valence-corrected chi connectivity index (χ4v) is 4.89. The van der Waals surface area contributed by atoms with Crippen molar-refractivity contribution in [2.45, 2.75) is 38.1 Å². The summed E-state index contributed by atoms with van der Waals surface area (Å²) in [5.41, 5.74) is 8.02. The number of rotatable bonds is 9. The Morgan fingerprint density at radius 2 is 1.72 bits per heavy atom. The molecule has 1 aromatic heterocycles. The van der Waals surface area contributed by atoms with E-state index in [0.717, 1.165) is 12.8 Å². The molecule has 0 atom stereocenters. The number of hydrogen-bond donors (Lipinski definition) is 2. The molecule has 2 heterocycles. The van der Waals surface area contributed by atoms with E-state index in [2.05, 4.69) is 27.4 Å². The van der Waals surface area contributed by atoms with Gasteiger partial charge >= 0.3 is 0 Å². The Morgan fingerprint density at radius 3 is 2.36 bits per heavy atom. The average molecular weight is 492 g/mol. The second-order valence-electron chi connectivity index (χ2n) is 9.26. The van der Waals surface area contributed by atoms with E-state index >= 15 is 0 Å². The van der Waals surface area contributed by atoms with Gasteiger partial charge in [-0.2, -0.15) is 0 Å². The molecule has 36 heavy (non-hydrogen) atoms. The summed E-state index contributed by atoms with van der Waals surface area (Å²) in [7, 11) is 3.16. The van der Waals surface area contributed by atoms with Gasteiger partial charge in [-0.15, -0.1) is 0 Å². The number of ether oxygens (including phenoxy) is 2. The third kappa shape index (κ3) is 5.41. The van der Waals surface area contributed by atoms with E-state index in [9.17, 15) is 9.59 Å². The number of nitrogens with zero attached hydrogens (tertiary/aromatic N) is 3. The van der Waals surface area contributed by atoms with Gasteiger partial charge in [-0.1, -0.05) is 30.3 Å². The summed E-state index contributed by atoms with van der Waals surface area (Å²) in [6.07, 6.45) is 1.56. The first-order valence-corrected chi connectivity index (χ1v) is 12.1. The van der Waals surface area contributed by atoms with Crippen molar-refractivity contribution in [2.75, 3.05) is 39.6 Å². The number of nitrogen functional groups attached to an aromatic ring is 1. The molecule has 0 spiro atoms. The maximum Gasteiger partial charge on any atom is 0.230 e. The molecule has 9 heteroatoms. The number of benzene rings is 2. The third-order valence-corrected chi connectivity index (χ3v) is 6.88. The van der Waals surface area contributed by atoms with Crippen molar-refractivity contribution in [1.82, 2.24) is 20.2 Å². The van der Waals surface area contributed by atoms with Crippen LogP contribution < -0.4 is 20.5 Å². The molecule has 1 aliphatic rings. The molecule has 0 aliphatic carbocycles. The average Bonchev–Trinajstić information content (AvgIpc) is 2.88. The monoisotopic (exact) mass is 491 g/mol. The molecule has 9 nitrogen and oxygen atoms in total. The Hall–Kier alpha value is -3.72. The van der Waals surface area contributed by atoms with Crippen LogP contribution in [0.1, 0.15) is 37.6 Å². The van der Waals surface area contributed by atoms with Crippen LogP contribution in [0.4, 0.5) is 5.82 Å². The second kappa shape index (κ2) is 10.9. The van der Waals surface area contributed by atoms with Crippen LogP contribution in [0.5, 0.6) is 11.5 Å². The van der Waals surface area contributed by atoms with Crippen molar-refractivity contribution in [3.05, 3.63) is 53.9 Å². The molecule has 4 rings (SSSR count). The largest absolute Gasteiger partial charge is 0.493 e. The van der Waals surface area contributed by atoms with Crippen molar-refractivity contribution in [1.29, 1.82) is 0 Å². The number of amides is 1. The van der Waals surface area contributed by atoms with Crippen LogP contribution in [-0.4, -0.2) is 60.4 Å². The SMILES string of the molecule is COc1cc2nc(CNCC3(c4ccccc4)CCN(C(=O)CC(C)=O)CC3)nc(N)c2cc1OC. The summed E-state index contributed by atoms with van der Waals surface area (Å²) in [4.78, 5) is 34.8. The zero-order chi connectivity index (χ0) is 25.7. The Kier molecular flexibility index (Phi) is 7.69. The summed E-state index contributed by atoms with van der Waals surface area (Å²) < 4.78 is 10.8. The Labute approximate surface area is 211 Å². The number of carbonyl (C=O) groups is 2. The molecule has 0 radical (unpaired) electrons. The van der Waals surface area contributed by atoms with Gasteiger partial charge in [0.05, 0.1) is 32.7 Å². The van der Waals surface area contributed by atoms with Crippen LogP contribution in [0, 0.1) is 0 Å². The fraction of sp³-hybridized carbons (Fsp3) is 0.407. The summed E-state index contributed by atoms with van der Waals surface area (Å²) >= 11 is 0. The van der Waals surface area contributed by atoms with Crippen molar-refractivity contribution < 1.29 is 19.1 Å². The van der Waals surface area contributed by atoms with Crippen LogP contribution in [0.2, 0.25) is 0 Å². The normalized spacial score (nSPS) is 15.0. The molecule has 1 aliphatic heterocycles. The number of fused-ring (bicyclic) bond motifs is 1. The number of methoxy groups -OCH3 is 2. The van der Waals surface area contributed by atoms with E-state index in [1.165, 1.54) is 12.5 Å². The smallest absolute Gasteiger partial charge is 0.230 e. The molecule has 1 fully saturated rings. The first-order chi connectivity index (χ1) is 17.3. The highest BCUT2D eigenvalue weighted by Crippen LogP contribution is 2.36. The molecule has 3 aromatic rings. The molecule has 1 saturated heterocycles. The molecule has 0 bridgehead atoms. The molecule has 2 aromatic carbocycles. The van der Waals surface area contributed by atoms with E-state index in [1.807, 2.05) is 18.2 Å². The number of carbonyl (C=O) groups excluding carboxylic acids is 2. The predicted octanol–water partition coefficient (Wildman–Crippen LogP) is 2.86. The Morgan fingerprint density at radius 1 is 1.06 bits per heavy atom. The first kappa shape index (κ1) is 25.4. The van der Waals surface area contributed by atoms with Gasteiger partial charge in [-0.3, -0.25) is 9.59 Å². The number of ketones is 1. The highest BCUT2D eigenvalue weighted by atomic mass is 16.5. The maximum atomic E-state index is 12.4. The standard InChI is InChI=1S/C27H33N5O4/c1-18(33)13-25(34)32-11-9-27(10-12-32,19-7-5-4-6-8-19)17-29-16-24-30-21-15-23(36-3)22(35-2)14-20(21)26(28)31-24/h4-8,14-15,29H,9-13,16-17H2,1-3H3,(H2,28,30,31). The molecule has 1 amide bonds. The lowest BCUT2D eigenvalue weighted by Crippen LogP contribution is -2.49. The first-order valence-electron chi connectivity index (χ1n) is 12.1. The van der Waals surface area contributed by atoms with Gasteiger partial charge in [0, 0.05) is 36.5 Å². The lowest BCUT2D eigenvalue weighted by molar-refractivity contribution is -0.136. The minimum Gasteiger partial charge on any atom is -0.493 e. The van der Waals surface area contributed by atoms with Crippen molar-refractivity contribution in [3.63, 3.8) is 0 Å². The van der Waals surface area contributed by atoms with E-state index in [0.29, 0.717) is 60.2 Å². The molecular weight excluding hydrogens is 458 g/mol. The van der Waals surface area contributed by atoms with Gasteiger partial charge in [0.2, 0.25) is 5.91 Å². The topological polar surface area (TPSA) is 120 Å². The number of nitrogens with two attached hydrogens (primary N) is 1. The van der Waals surface area contributed by atoms with Crippen LogP contribution in [-0.2, 0) is 21.5 Å². The Balaban J connectivity index is 1.50. The third-order valence-electron chi connectivity index (χ3n) is 6.88. The van der Waals surface area contributed by atoms with E-state index in [4.69, 9.17) is 15.2 Å². The maximum absolute atomic E-state index is 12.4. The minimum atomic E-state index is -0.146. The number of Topliss-reactive ketones (excluding diaryl/α,β-unsaturated/α-hetero) is 1. The molecule has 190 valence electrons. The Bertz CT molecular complexity index is 1240. The van der Waals surface area contributed by atoms with Crippen LogP contribution in [0.25, 0.3) is 10.9 Å². The summed E-state index contributed by atoms with van der Waals surface area (Å²) in [6.45, 7) is 3.82. The van der Waals surface area contributed by atoms with Crippen molar-refractivity contribution in [3.8, 4) is 11.5 Å². The number of aromatic nitrogens is 2. The minimum absolute atomic E-state index is 0.0338. The highest BCUT2D eigenvalue weighted by Gasteiger charge is 2.37. The van der Waals surface area contributed by atoms with E-state index in [1.54, 1.807) is 31.3 Å². The zero-order valence-corrected chi connectivity index (χ0v) is 21.0. The van der Waals surface area contributed by atoms with Crippen LogP contribution >= 0.6 is 0 Å². The predicted molar refractivity (Wildman–Crippen MR) is 138 cm³/mol. The van der Waals surface area contributed by atoms with Crippen LogP contribution in [0.3, 0.4) is 0 Å². The zero-order valence-electron chi connectivity index (χ0n) is 21.0. The summed E-state index contributed by atoms with van der Waals surface area (Å²) in [6, 6.07) is 13.9. The van der Waals surface area contributed by atoms with E-state index < -0.39 is 0 Å². The molecule has 0 saturated carbocycles. The number of nitrogens with one attached hydrogen (secondary N) is 1.